The molecule has 3 nitrogen and oxygen atoms in total. The standard InChI is InChI=1S/C13H21NO2/c1-10(2)9-15-8-7-14-12(4)13-6-5-11(3)16-13/h5-6,12,14H,1,7-9H2,2-4H3. The maximum absolute atomic E-state index is 5.52. The van der Waals surface area contributed by atoms with Gasteiger partial charge in [0.15, 0.2) is 0 Å². The van der Waals surface area contributed by atoms with E-state index in [1.54, 1.807) is 0 Å². The lowest BCUT2D eigenvalue weighted by molar-refractivity contribution is 0.155. The van der Waals surface area contributed by atoms with E-state index in [1.807, 2.05) is 26.0 Å². The van der Waals surface area contributed by atoms with Crippen LogP contribution in [-0.2, 0) is 4.74 Å². The van der Waals surface area contributed by atoms with E-state index in [9.17, 15) is 0 Å². The summed E-state index contributed by atoms with van der Waals surface area (Å²) in [6.07, 6.45) is 0. The third-order valence-electron chi connectivity index (χ3n) is 2.23. The molecular formula is C13H21NO2. The Morgan fingerprint density at radius 3 is 2.88 bits per heavy atom. The van der Waals surface area contributed by atoms with Gasteiger partial charge < -0.3 is 14.5 Å². The Kier molecular flexibility index (Phi) is 5.29. The molecule has 0 radical (unpaired) electrons. The molecule has 0 bridgehead atoms. The Morgan fingerprint density at radius 1 is 1.56 bits per heavy atom. The van der Waals surface area contributed by atoms with Crippen LogP contribution in [-0.4, -0.2) is 19.8 Å². The molecule has 0 aromatic carbocycles. The van der Waals surface area contributed by atoms with Crippen molar-refractivity contribution in [2.24, 2.45) is 0 Å². The topological polar surface area (TPSA) is 34.4 Å². The fraction of sp³-hybridized carbons (Fsp3) is 0.538. The zero-order valence-corrected chi connectivity index (χ0v) is 10.4. The SMILES string of the molecule is C=C(C)COCCNC(C)c1ccc(C)o1. The molecule has 16 heavy (non-hydrogen) atoms. The van der Waals surface area contributed by atoms with Crippen LogP contribution in [0.15, 0.2) is 28.7 Å². The van der Waals surface area contributed by atoms with Crippen molar-refractivity contribution in [2.45, 2.75) is 26.8 Å². The van der Waals surface area contributed by atoms with E-state index in [4.69, 9.17) is 9.15 Å². The number of rotatable bonds is 7. The summed E-state index contributed by atoms with van der Waals surface area (Å²) in [7, 11) is 0. The van der Waals surface area contributed by atoms with Gasteiger partial charge in [0.05, 0.1) is 19.3 Å². The molecule has 0 amide bonds. The summed E-state index contributed by atoms with van der Waals surface area (Å²) in [5, 5.41) is 3.34. The number of furan rings is 1. The molecule has 0 aliphatic heterocycles. The van der Waals surface area contributed by atoms with Crippen molar-refractivity contribution in [3.05, 3.63) is 35.8 Å². The van der Waals surface area contributed by atoms with Gasteiger partial charge in [-0.05, 0) is 32.9 Å². The first-order valence-electron chi connectivity index (χ1n) is 5.61. The second-order valence-electron chi connectivity index (χ2n) is 4.13. The maximum Gasteiger partial charge on any atom is 0.120 e. The molecule has 1 aromatic heterocycles. The van der Waals surface area contributed by atoms with E-state index in [-0.39, 0.29) is 6.04 Å². The summed E-state index contributed by atoms with van der Waals surface area (Å²) in [6, 6.07) is 4.20. The van der Waals surface area contributed by atoms with Crippen LogP contribution in [0.3, 0.4) is 0 Å². The lowest BCUT2D eigenvalue weighted by Crippen LogP contribution is -2.23. The molecule has 1 aromatic rings. The normalized spacial score (nSPS) is 12.7. The van der Waals surface area contributed by atoms with Crippen LogP contribution >= 0.6 is 0 Å². The minimum Gasteiger partial charge on any atom is -0.465 e. The predicted molar refractivity (Wildman–Crippen MR) is 65.5 cm³/mol. The smallest absolute Gasteiger partial charge is 0.120 e. The van der Waals surface area contributed by atoms with Crippen LogP contribution in [0.25, 0.3) is 0 Å². The van der Waals surface area contributed by atoms with Gasteiger partial charge in [-0.2, -0.15) is 0 Å². The molecule has 1 atom stereocenters. The van der Waals surface area contributed by atoms with Crippen LogP contribution in [0.5, 0.6) is 0 Å². The molecule has 0 saturated carbocycles. The van der Waals surface area contributed by atoms with Gasteiger partial charge in [-0.25, -0.2) is 0 Å². The number of hydrogen-bond acceptors (Lipinski definition) is 3. The third-order valence-corrected chi connectivity index (χ3v) is 2.23. The predicted octanol–water partition coefficient (Wildman–Crippen LogP) is 2.83. The van der Waals surface area contributed by atoms with Crippen molar-refractivity contribution in [1.29, 1.82) is 0 Å². The molecule has 0 fully saturated rings. The fourth-order valence-electron chi connectivity index (χ4n) is 1.38. The Labute approximate surface area is 97.5 Å². The van der Waals surface area contributed by atoms with Crippen LogP contribution in [0.2, 0.25) is 0 Å². The van der Waals surface area contributed by atoms with Crippen molar-refractivity contribution < 1.29 is 9.15 Å². The molecule has 0 aliphatic rings. The van der Waals surface area contributed by atoms with Gasteiger partial charge in [-0.3, -0.25) is 0 Å². The maximum atomic E-state index is 5.52. The summed E-state index contributed by atoms with van der Waals surface area (Å²) in [5.41, 5.74) is 1.05. The Hall–Kier alpha value is -1.06. The first-order valence-corrected chi connectivity index (χ1v) is 5.61. The Morgan fingerprint density at radius 2 is 2.31 bits per heavy atom. The number of aryl methyl sites for hydroxylation is 1. The van der Waals surface area contributed by atoms with Crippen LogP contribution in [0, 0.1) is 6.92 Å². The van der Waals surface area contributed by atoms with Gasteiger partial charge in [0.2, 0.25) is 0 Å². The molecule has 1 N–H and O–H groups in total. The third kappa shape index (κ3) is 4.64. The molecule has 90 valence electrons. The number of nitrogens with one attached hydrogen (secondary N) is 1. The highest BCUT2D eigenvalue weighted by Gasteiger charge is 2.07. The van der Waals surface area contributed by atoms with Crippen molar-refractivity contribution in [3.63, 3.8) is 0 Å². The summed E-state index contributed by atoms with van der Waals surface area (Å²) in [4.78, 5) is 0. The number of ether oxygens (including phenoxy) is 1. The lowest BCUT2D eigenvalue weighted by Gasteiger charge is -2.11. The van der Waals surface area contributed by atoms with E-state index in [1.165, 1.54) is 0 Å². The Bertz CT molecular complexity index is 330. The van der Waals surface area contributed by atoms with E-state index >= 15 is 0 Å². The van der Waals surface area contributed by atoms with E-state index < -0.39 is 0 Å². The van der Waals surface area contributed by atoms with Crippen LogP contribution < -0.4 is 5.32 Å². The summed E-state index contributed by atoms with van der Waals surface area (Å²) < 4.78 is 10.9. The van der Waals surface area contributed by atoms with E-state index in [0.29, 0.717) is 13.2 Å². The monoisotopic (exact) mass is 223 g/mol. The van der Waals surface area contributed by atoms with Crippen molar-refractivity contribution in [1.82, 2.24) is 5.32 Å². The van der Waals surface area contributed by atoms with Crippen molar-refractivity contribution >= 4 is 0 Å². The molecule has 1 rings (SSSR count). The first kappa shape index (κ1) is 13.0. The average Bonchev–Trinajstić information content (AvgIpc) is 2.63. The molecule has 1 heterocycles. The second kappa shape index (κ2) is 6.51. The zero-order chi connectivity index (χ0) is 12.0. The van der Waals surface area contributed by atoms with Gasteiger partial charge in [0, 0.05) is 6.54 Å². The zero-order valence-electron chi connectivity index (χ0n) is 10.4. The van der Waals surface area contributed by atoms with Crippen LogP contribution in [0.4, 0.5) is 0 Å². The van der Waals surface area contributed by atoms with Gasteiger partial charge in [-0.15, -0.1) is 0 Å². The summed E-state index contributed by atoms with van der Waals surface area (Å²) >= 11 is 0. The minimum absolute atomic E-state index is 0.224. The molecule has 0 aliphatic carbocycles. The van der Waals surface area contributed by atoms with Crippen molar-refractivity contribution in [3.8, 4) is 0 Å². The Balaban J connectivity index is 2.15. The highest BCUT2D eigenvalue weighted by atomic mass is 16.5. The molecule has 3 heteroatoms. The van der Waals surface area contributed by atoms with Gasteiger partial charge in [0.1, 0.15) is 11.5 Å². The van der Waals surface area contributed by atoms with E-state index in [2.05, 4.69) is 18.8 Å². The van der Waals surface area contributed by atoms with Gasteiger partial charge in [0.25, 0.3) is 0 Å². The fourth-order valence-corrected chi connectivity index (χ4v) is 1.38. The first-order chi connectivity index (χ1) is 7.59. The average molecular weight is 223 g/mol. The van der Waals surface area contributed by atoms with Gasteiger partial charge >= 0.3 is 0 Å². The summed E-state index contributed by atoms with van der Waals surface area (Å²) in [5.74, 6) is 1.92. The van der Waals surface area contributed by atoms with Crippen molar-refractivity contribution in [2.75, 3.05) is 19.8 Å². The lowest BCUT2D eigenvalue weighted by atomic mass is 10.2. The van der Waals surface area contributed by atoms with E-state index in [0.717, 1.165) is 23.6 Å². The minimum atomic E-state index is 0.224. The molecular weight excluding hydrogens is 202 g/mol. The largest absolute Gasteiger partial charge is 0.465 e. The second-order valence-corrected chi connectivity index (χ2v) is 4.13. The quantitative estimate of drug-likeness (QED) is 0.570. The molecule has 0 spiro atoms. The number of hydrogen-bond donors (Lipinski definition) is 1. The summed E-state index contributed by atoms with van der Waals surface area (Å²) in [6.45, 7) is 11.9. The highest BCUT2D eigenvalue weighted by Crippen LogP contribution is 2.14. The van der Waals surface area contributed by atoms with Crippen LogP contribution in [0.1, 0.15) is 31.4 Å². The molecule has 0 saturated heterocycles. The van der Waals surface area contributed by atoms with Gasteiger partial charge in [-0.1, -0.05) is 12.2 Å². The molecule has 1 unspecified atom stereocenters. The highest BCUT2D eigenvalue weighted by molar-refractivity contribution is 5.08.